The lowest BCUT2D eigenvalue weighted by atomic mass is 10.1. The van der Waals surface area contributed by atoms with Crippen molar-refractivity contribution in [1.29, 1.82) is 0 Å². The number of rotatable bonds is 7. The van der Waals surface area contributed by atoms with E-state index in [0.29, 0.717) is 26.4 Å². The molecule has 0 aliphatic carbocycles. The molecule has 0 atom stereocenters. The SMILES string of the molecule is Cc1ccccc1NC(=O)COc1ccc(/C=C2/C(=O)NC(=O)N(c3cccc([N+](=O)[O-])c3)C2=O)cc1Br. The third-order valence-electron chi connectivity index (χ3n) is 5.45. The first-order valence-electron chi connectivity index (χ1n) is 11.1. The summed E-state index contributed by atoms with van der Waals surface area (Å²) in [6.07, 6.45) is 1.27. The normalized spacial score (nSPS) is 14.3. The van der Waals surface area contributed by atoms with E-state index in [1.54, 1.807) is 24.3 Å². The van der Waals surface area contributed by atoms with E-state index in [-0.39, 0.29) is 29.5 Å². The Morgan fingerprint density at radius 2 is 1.87 bits per heavy atom. The number of nitro groups is 1. The van der Waals surface area contributed by atoms with Crippen LogP contribution in [0.4, 0.5) is 21.9 Å². The van der Waals surface area contributed by atoms with Crippen LogP contribution in [0.3, 0.4) is 0 Å². The molecule has 3 aromatic rings. The van der Waals surface area contributed by atoms with Crippen LogP contribution in [-0.2, 0) is 14.4 Å². The van der Waals surface area contributed by atoms with Gasteiger partial charge in [-0.3, -0.25) is 29.8 Å². The van der Waals surface area contributed by atoms with E-state index in [4.69, 9.17) is 4.74 Å². The van der Waals surface area contributed by atoms with E-state index in [2.05, 4.69) is 26.6 Å². The van der Waals surface area contributed by atoms with Crippen molar-refractivity contribution in [3.63, 3.8) is 0 Å². The predicted octanol–water partition coefficient (Wildman–Crippen LogP) is 4.35. The first-order chi connectivity index (χ1) is 18.1. The number of anilines is 2. The van der Waals surface area contributed by atoms with Gasteiger partial charge in [-0.1, -0.05) is 30.3 Å². The number of benzene rings is 3. The van der Waals surface area contributed by atoms with Gasteiger partial charge in [0.1, 0.15) is 11.3 Å². The van der Waals surface area contributed by atoms with Crippen LogP contribution in [0.5, 0.6) is 5.75 Å². The van der Waals surface area contributed by atoms with Crippen LogP contribution in [0.2, 0.25) is 0 Å². The monoisotopic (exact) mass is 578 g/mol. The number of imide groups is 2. The number of nitrogens with one attached hydrogen (secondary N) is 2. The molecule has 1 fully saturated rings. The number of hydrogen-bond donors (Lipinski definition) is 2. The first-order valence-corrected chi connectivity index (χ1v) is 11.9. The van der Waals surface area contributed by atoms with Crippen molar-refractivity contribution in [3.8, 4) is 5.75 Å². The zero-order valence-corrected chi connectivity index (χ0v) is 21.4. The number of amides is 5. The quantitative estimate of drug-likeness (QED) is 0.183. The summed E-state index contributed by atoms with van der Waals surface area (Å²) in [6.45, 7) is 1.62. The fourth-order valence-corrected chi connectivity index (χ4v) is 4.08. The molecule has 0 saturated carbocycles. The number of non-ortho nitro benzene ring substituents is 1. The number of halogens is 1. The minimum atomic E-state index is -1.02. The second kappa shape index (κ2) is 11.0. The molecule has 11 nitrogen and oxygen atoms in total. The summed E-state index contributed by atoms with van der Waals surface area (Å²) >= 11 is 3.35. The lowest BCUT2D eigenvalue weighted by molar-refractivity contribution is -0.384. The van der Waals surface area contributed by atoms with E-state index in [0.717, 1.165) is 11.6 Å². The van der Waals surface area contributed by atoms with E-state index < -0.39 is 22.8 Å². The summed E-state index contributed by atoms with van der Waals surface area (Å²) in [7, 11) is 0. The van der Waals surface area contributed by atoms with Crippen molar-refractivity contribution >= 4 is 62.8 Å². The van der Waals surface area contributed by atoms with Crippen LogP contribution in [0.15, 0.2) is 76.8 Å². The van der Waals surface area contributed by atoms with Crippen molar-refractivity contribution in [2.45, 2.75) is 6.92 Å². The Morgan fingerprint density at radius 3 is 2.58 bits per heavy atom. The average molecular weight is 579 g/mol. The minimum absolute atomic E-state index is 0.0611. The Kier molecular flexibility index (Phi) is 7.63. The zero-order valence-electron chi connectivity index (χ0n) is 19.8. The van der Waals surface area contributed by atoms with Crippen LogP contribution in [0.1, 0.15) is 11.1 Å². The van der Waals surface area contributed by atoms with E-state index in [1.165, 1.54) is 24.3 Å². The minimum Gasteiger partial charge on any atom is -0.483 e. The number of barbiturate groups is 1. The van der Waals surface area contributed by atoms with Gasteiger partial charge in [-0.05, 0) is 64.3 Å². The van der Waals surface area contributed by atoms with Gasteiger partial charge in [-0.2, -0.15) is 0 Å². The molecule has 0 spiro atoms. The van der Waals surface area contributed by atoms with E-state index in [1.807, 2.05) is 25.1 Å². The molecule has 0 radical (unpaired) electrons. The third-order valence-corrected chi connectivity index (χ3v) is 6.07. The van der Waals surface area contributed by atoms with Gasteiger partial charge in [0.15, 0.2) is 6.61 Å². The second-order valence-corrected chi connectivity index (χ2v) is 8.93. The van der Waals surface area contributed by atoms with Crippen LogP contribution >= 0.6 is 15.9 Å². The number of urea groups is 1. The molecule has 2 N–H and O–H groups in total. The fraction of sp³-hybridized carbons (Fsp3) is 0.0769. The largest absolute Gasteiger partial charge is 0.483 e. The van der Waals surface area contributed by atoms with Crippen molar-refractivity contribution in [2.75, 3.05) is 16.8 Å². The Morgan fingerprint density at radius 1 is 1.11 bits per heavy atom. The summed E-state index contributed by atoms with van der Waals surface area (Å²) in [5, 5.41) is 15.9. The molecule has 3 aromatic carbocycles. The highest BCUT2D eigenvalue weighted by atomic mass is 79.9. The van der Waals surface area contributed by atoms with Crippen LogP contribution < -0.4 is 20.3 Å². The Bertz CT molecular complexity index is 1520. The van der Waals surface area contributed by atoms with Gasteiger partial charge in [-0.25, -0.2) is 9.69 Å². The van der Waals surface area contributed by atoms with E-state index in [9.17, 15) is 29.3 Å². The molecule has 0 unspecified atom stereocenters. The standard InChI is InChI=1S/C26H19BrN4O7/c1-15-5-2-3-8-21(15)28-23(32)14-38-22-10-9-16(12-20(22)27)11-19-24(33)29-26(35)30(25(19)34)17-6-4-7-18(13-17)31(36)37/h2-13H,14H2,1H3,(H,28,32)(H,29,33,35)/b19-11-. The van der Waals surface area contributed by atoms with Gasteiger partial charge in [-0.15, -0.1) is 0 Å². The van der Waals surface area contributed by atoms with Gasteiger partial charge in [0.05, 0.1) is 15.1 Å². The second-order valence-electron chi connectivity index (χ2n) is 8.08. The summed E-state index contributed by atoms with van der Waals surface area (Å²) in [5.74, 6) is -1.86. The molecule has 0 aromatic heterocycles. The van der Waals surface area contributed by atoms with Gasteiger partial charge in [0.25, 0.3) is 23.4 Å². The van der Waals surface area contributed by atoms with Gasteiger partial charge in [0, 0.05) is 17.8 Å². The van der Waals surface area contributed by atoms with Gasteiger partial charge in [0.2, 0.25) is 0 Å². The van der Waals surface area contributed by atoms with Crippen LogP contribution in [-0.4, -0.2) is 35.3 Å². The molecule has 1 heterocycles. The summed E-state index contributed by atoms with van der Waals surface area (Å²) < 4.78 is 6.03. The smallest absolute Gasteiger partial charge is 0.335 e. The molecule has 12 heteroatoms. The number of hydrogen-bond acceptors (Lipinski definition) is 7. The van der Waals surface area contributed by atoms with Crippen LogP contribution in [0.25, 0.3) is 6.08 Å². The highest BCUT2D eigenvalue weighted by Crippen LogP contribution is 2.29. The van der Waals surface area contributed by atoms with Crippen molar-refractivity contribution in [3.05, 3.63) is 98.0 Å². The van der Waals surface area contributed by atoms with E-state index >= 15 is 0 Å². The molecule has 38 heavy (non-hydrogen) atoms. The molecular weight excluding hydrogens is 560 g/mol. The zero-order chi connectivity index (χ0) is 27.4. The maximum absolute atomic E-state index is 13.1. The Hall–Kier alpha value is -4.84. The van der Waals surface area contributed by atoms with Gasteiger partial charge >= 0.3 is 6.03 Å². The summed E-state index contributed by atoms with van der Waals surface area (Å²) in [5.41, 5.74) is 1.27. The van der Waals surface area contributed by atoms with Gasteiger partial charge < -0.3 is 10.1 Å². The maximum Gasteiger partial charge on any atom is 0.335 e. The summed E-state index contributed by atoms with van der Waals surface area (Å²) in [4.78, 5) is 61.2. The highest BCUT2D eigenvalue weighted by molar-refractivity contribution is 9.10. The Balaban J connectivity index is 1.50. The Labute approximate surface area is 224 Å². The average Bonchev–Trinajstić information content (AvgIpc) is 2.87. The van der Waals surface area contributed by atoms with Crippen molar-refractivity contribution in [1.82, 2.24) is 5.32 Å². The molecule has 0 bridgehead atoms. The highest BCUT2D eigenvalue weighted by Gasteiger charge is 2.37. The molecule has 192 valence electrons. The molecule has 4 rings (SSSR count). The third kappa shape index (κ3) is 5.76. The lowest BCUT2D eigenvalue weighted by Gasteiger charge is -2.26. The number of carbonyl (C=O) groups is 4. The summed E-state index contributed by atoms with van der Waals surface area (Å²) in [6, 6.07) is 15.9. The van der Waals surface area contributed by atoms with Crippen LogP contribution in [0, 0.1) is 17.0 Å². The van der Waals surface area contributed by atoms with Crippen molar-refractivity contribution in [2.24, 2.45) is 0 Å². The number of para-hydroxylation sites is 1. The van der Waals surface area contributed by atoms with Crippen molar-refractivity contribution < 1.29 is 28.8 Å². The molecule has 1 aliphatic heterocycles. The predicted molar refractivity (Wildman–Crippen MR) is 142 cm³/mol. The fourth-order valence-electron chi connectivity index (χ4n) is 3.57. The number of aryl methyl sites for hydroxylation is 1. The first kappa shape index (κ1) is 26.2. The number of carbonyl (C=O) groups excluding carboxylic acids is 4. The molecule has 1 saturated heterocycles. The molecule has 5 amide bonds. The topological polar surface area (TPSA) is 148 Å². The number of ether oxygens (including phenoxy) is 1. The molecular formula is C26H19BrN4O7. The number of nitrogens with zero attached hydrogens (tertiary/aromatic N) is 2. The maximum atomic E-state index is 13.1. The lowest BCUT2D eigenvalue weighted by Crippen LogP contribution is -2.54. The molecule has 1 aliphatic rings. The number of nitro benzene ring substituents is 1.